The van der Waals surface area contributed by atoms with Crippen molar-refractivity contribution in [2.24, 2.45) is 0 Å². The third-order valence-corrected chi connectivity index (χ3v) is 6.70. The first kappa shape index (κ1) is 20.7. The molecule has 5 nitrogen and oxygen atoms in total. The smallest absolute Gasteiger partial charge is 0.262 e. The van der Waals surface area contributed by atoms with Crippen LogP contribution >= 0.6 is 11.8 Å². The molecule has 6 heteroatoms. The van der Waals surface area contributed by atoms with E-state index in [2.05, 4.69) is 23.5 Å². The van der Waals surface area contributed by atoms with Gasteiger partial charge < -0.3 is 5.32 Å². The van der Waals surface area contributed by atoms with Gasteiger partial charge in [0.25, 0.3) is 5.56 Å². The van der Waals surface area contributed by atoms with Crippen LogP contribution < -0.4 is 10.9 Å². The van der Waals surface area contributed by atoms with Crippen molar-refractivity contribution in [2.45, 2.75) is 62.5 Å². The Kier molecular flexibility index (Phi) is 6.23. The molecule has 0 bridgehead atoms. The molecule has 1 aromatic heterocycles. The van der Waals surface area contributed by atoms with E-state index in [0.29, 0.717) is 22.6 Å². The highest BCUT2D eigenvalue weighted by Gasteiger charge is 2.25. The van der Waals surface area contributed by atoms with Crippen molar-refractivity contribution >= 4 is 28.6 Å². The highest BCUT2D eigenvalue weighted by atomic mass is 32.2. The summed E-state index contributed by atoms with van der Waals surface area (Å²) in [5.41, 5.74) is 3.17. The van der Waals surface area contributed by atoms with Crippen LogP contribution in [0.15, 0.2) is 58.5 Å². The predicted molar refractivity (Wildman–Crippen MR) is 122 cm³/mol. The highest BCUT2D eigenvalue weighted by Crippen LogP contribution is 2.30. The van der Waals surface area contributed by atoms with Crippen molar-refractivity contribution in [3.05, 3.63) is 70.0 Å². The molecule has 30 heavy (non-hydrogen) atoms. The lowest BCUT2D eigenvalue weighted by Gasteiger charge is -2.27. The number of carbonyl (C=O) groups is 1. The molecule has 1 N–H and O–H groups in total. The number of benzene rings is 2. The molecule has 3 aromatic rings. The molecule has 2 aromatic carbocycles. The first-order chi connectivity index (χ1) is 14.6. The molecular formula is C24H27N3O2S. The van der Waals surface area contributed by atoms with Gasteiger partial charge in [0.15, 0.2) is 5.16 Å². The van der Waals surface area contributed by atoms with E-state index in [0.717, 1.165) is 25.7 Å². The van der Waals surface area contributed by atoms with Crippen LogP contribution in [0.5, 0.6) is 0 Å². The number of carbonyl (C=O) groups excluding carboxylic acids is 1. The van der Waals surface area contributed by atoms with Crippen LogP contribution in [0, 0.1) is 0 Å². The Bertz CT molecular complexity index is 1120. The van der Waals surface area contributed by atoms with Crippen LogP contribution in [0.2, 0.25) is 0 Å². The van der Waals surface area contributed by atoms with Crippen LogP contribution in [0.25, 0.3) is 10.9 Å². The standard InChI is InChI=1S/C24H27N3O2S/c1-3-15-27-23(29)19-12-6-7-13-21(19)26-24(27)30-16(2)22(28)25-20-14-8-10-17-9-4-5-11-18(17)20/h4-7,9,11-13,16,20H,3,8,10,14-15H2,1-2H3,(H,25,28). The number of rotatable bonds is 6. The molecule has 1 aliphatic rings. The third kappa shape index (κ3) is 4.15. The van der Waals surface area contributed by atoms with E-state index in [1.165, 1.54) is 22.9 Å². The van der Waals surface area contributed by atoms with Gasteiger partial charge in [-0.2, -0.15) is 0 Å². The summed E-state index contributed by atoms with van der Waals surface area (Å²) in [4.78, 5) is 30.7. The summed E-state index contributed by atoms with van der Waals surface area (Å²) in [5, 5.41) is 4.09. The average molecular weight is 422 g/mol. The van der Waals surface area contributed by atoms with Crippen molar-refractivity contribution < 1.29 is 4.79 Å². The van der Waals surface area contributed by atoms with Crippen LogP contribution in [-0.2, 0) is 17.8 Å². The fourth-order valence-corrected chi connectivity index (χ4v) is 5.01. The zero-order chi connectivity index (χ0) is 21.1. The van der Waals surface area contributed by atoms with Crippen molar-refractivity contribution in [3.63, 3.8) is 0 Å². The molecule has 0 spiro atoms. The summed E-state index contributed by atoms with van der Waals surface area (Å²) in [6.45, 7) is 4.50. The summed E-state index contributed by atoms with van der Waals surface area (Å²) in [7, 11) is 0. The van der Waals surface area contributed by atoms with Gasteiger partial charge in [-0.3, -0.25) is 14.2 Å². The van der Waals surface area contributed by atoms with Crippen LogP contribution in [0.1, 0.15) is 50.3 Å². The average Bonchev–Trinajstić information content (AvgIpc) is 2.76. The van der Waals surface area contributed by atoms with Gasteiger partial charge in [-0.05, 0) is 55.9 Å². The van der Waals surface area contributed by atoms with Gasteiger partial charge in [0.1, 0.15) is 0 Å². The summed E-state index contributed by atoms with van der Waals surface area (Å²) >= 11 is 1.36. The fraction of sp³-hybridized carbons (Fsp3) is 0.375. The third-order valence-electron chi connectivity index (χ3n) is 5.61. The van der Waals surface area contributed by atoms with Gasteiger partial charge in [0.05, 0.1) is 22.2 Å². The predicted octanol–water partition coefficient (Wildman–Crippen LogP) is 4.48. The largest absolute Gasteiger partial charge is 0.348 e. The molecule has 0 saturated carbocycles. The number of para-hydroxylation sites is 1. The van der Waals surface area contributed by atoms with E-state index in [4.69, 9.17) is 4.98 Å². The lowest BCUT2D eigenvalue weighted by atomic mass is 9.88. The van der Waals surface area contributed by atoms with E-state index < -0.39 is 0 Å². The maximum atomic E-state index is 13.0. The van der Waals surface area contributed by atoms with Crippen molar-refractivity contribution in [2.75, 3.05) is 0 Å². The summed E-state index contributed by atoms with van der Waals surface area (Å²) in [6.07, 6.45) is 3.92. The quantitative estimate of drug-likeness (QED) is 0.471. The minimum Gasteiger partial charge on any atom is -0.348 e. The normalized spacial score (nSPS) is 16.8. The van der Waals surface area contributed by atoms with E-state index in [-0.39, 0.29) is 22.8 Å². The molecule has 0 radical (unpaired) electrons. The molecule has 1 amide bonds. The van der Waals surface area contributed by atoms with Gasteiger partial charge in [-0.1, -0.05) is 55.1 Å². The summed E-state index contributed by atoms with van der Waals surface area (Å²) in [5.74, 6) is -0.0211. The second kappa shape index (κ2) is 9.04. The molecule has 2 unspecified atom stereocenters. The fourth-order valence-electron chi connectivity index (χ4n) is 4.06. The Balaban J connectivity index is 1.56. The summed E-state index contributed by atoms with van der Waals surface area (Å²) in [6, 6.07) is 15.8. The number of fused-ring (bicyclic) bond motifs is 2. The zero-order valence-corrected chi connectivity index (χ0v) is 18.2. The maximum absolute atomic E-state index is 13.0. The number of hydrogen-bond donors (Lipinski definition) is 1. The lowest BCUT2D eigenvalue weighted by Crippen LogP contribution is -2.36. The first-order valence-electron chi connectivity index (χ1n) is 10.6. The number of aryl methyl sites for hydroxylation is 1. The number of aromatic nitrogens is 2. The Morgan fingerprint density at radius 2 is 2.00 bits per heavy atom. The van der Waals surface area contributed by atoms with E-state index >= 15 is 0 Å². The Hall–Kier alpha value is -2.60. The molecule has 0 saturated heterocycles. The topological polar surface area (TPSA) is 64.0 Å². The van der Waals surface area contributed by atoms with Gasteiger partial charge in [0.2, 0.25) is 5.91 Å². The van der Waals surface area contributed by atoms with Gasteiger partial charge in [-0.15, -0.1) is 0 Å². The SMILES string of the molecule is CCCn1c(SC(C)C(=O)NC2CCCc3ccccc32)nc2ccccc2c1=O. The number of hydrogen-bond acceptors (Lipinski definition) is 4. The van der Waals surface area contributed by atoms with Crippen molar-refractivity contribution in [1.29, 1.82) is 0 Å². The zero-order valence-electron chi connectivity index (χ0n) is 17.4. The van der Waals surface area contributed by atoms with Gasteiger partial charge in [0, 0.05) is 6.54 Å². The number of thioether (sulfide) groups is 1. The second-order valence-electron chi connectivity index (χ2n) is 7.78. The van der Waals surface area contributed by atoms with Crippen LogP contribution in [-0.4, -0.2) is 20.7 Å². The molecule has 156 valence electrons. The van der Waals surface area contributed by atoms with Gasteiger partial charge in [-0.25, -0.2) is 4.98 Å². The second-order valence-corrected chi connectivity index (χ2v) is 9.09. The maximum Gasteiger partial charge on any atom is 0.262 e. The Morgan fingerprint density at radius 1 is 1.23 bits per heavy atom. The minimum atomic E-state index is -0.352. The van der Waals surface area contributed by atoms with E-state index in [1.54, 1.807) is 4.57 Å². The van der Waals surface area contributed by atoms with E-state index in [9.17, 15) is 9.59 Å². The molecule has 0 aliphatic heterocycles. The van der Waals surface area contributed by atoms with Crippen molar-refractivity contribution in [3.8, 4) is 0 Å². The lowest BCUT2D eigenvalue weighted by molar-refractivity contribution is -0.121. The molecule has 1 heterocycles. The number of nitrogens with zero attached hydrogens (tertiary/aromatic N) is 2. The molecule has 2 atom stereocenters. The first-order valence-corrected chi connectivity index (χ1v) is 11.5. The molecule has 1 aliphatic carbocycles. The van der Waals surface area contributed by atoms with Crippen LogP contribution in [0.3, 0.4) is 0 Å². The number of nitrogens with one attached hydrogen (secondary N) is 1. The molecule has 4 rings (SSSR count). The monoisotopic (exact) mass is 421 g/mol. The Morgan fingerprint density at radius 3 is 2.83 bits per heavy atom. The highest BCUT2D eigenvalue weighted by molar-refractivity contribution is 8.00. The number of amides is 1. The molecular weight excluding hydrogens is 394 g/mol. The van der Waals surface area contributed by atoms with Gasteiger partial charge >= 0.3 is 0 Å². The van der Waals surface area contributed by atoms with E-state index in [1.807, 2.05) is 44.2 Å². The van der Waals surface area contributed by atoms with Crippen molar-refractivity contribution in [1.82, 2.24) is 14.9 Å². The summed E-state index contributed by atoms with van der Waals surface area (Å²) < 4.78 is 1.70. The molecule has 0 fully saturated rings. The minimum absolute atomic E-state index is 0.0211. The van der Waals surface area contributed by atoms with Crippen LogP contribution in [0.4, 0.5) is 0 Å². The Labute approximate surface area is 180 Å².